The first-order valence-corrected chi connectivity index (χ1v) is 12.4. The van der Waals surface area contributed by atoms with Crippen molar-refractivity contribution >= 4 is 19.7 Å². The summed E-state index contributed by atoms with van der Waals surface area (Å²) in [5.41, 5.74) is -1.59. The van der Waals surface area contributed by atoms with Crippen molar-refractivity contribution in [3.05, 3.63) is 33.9 Å². The predicted molar refractivity (Wildman–Crippen MR) is 108 cm³/mol. The maximum absolute atomic E-state index is 12.8. The number of esters is 1. The third-order valence-corrected chi connectivity index (χ3v) is 6.86. The molecule has 0 aliphatic heterocycles. The Balaban J connectivity index is 2.53. The number of benzene rings is 1. The Labute approximate surface area is 173 Å². The van der Waals surface area contributed by atoms with Gasteiger partial charge in [0.25, 0.3) is 0 Å². The summed E-state index contributed by atoms with van der Waals surface area (Å²) in [6.45, 7) is 7.71. The maximum Gasteiger partial charge on any atom is 0.345 e. The van der Waals surface area contributed by atoms with E-state index in [2.05, 4.69) is 9.97 Å². The molecule has 30 heavy (non-hydrogen) atoms. The number of nitro groups is 1. The molecule has 0 aliphatic carbocycles. The molecule has 0 spiro atoms. The molecule has 1 unspecified atom stereocenters. The molecular formula is C18H23N3O8Si. The maximum atomic E-state index is 12.8. The first-order valence-electron chi connectivity index (χ1n) is 8.84. The summed E-state index contributed by atoms with van der Waals surface area (Å²) in [7, 11) is 0.875. The molecule has 1 heterocycles. The van der Waals surface area contributed by atoms with Crippen LogP contribution in [0, 0.1) is 10.1 Å². The molecule has 162 valence electrons. The number of hydrogen-bond acceptors (Lipinski definition) is 10. The number of ether oxygens (including phenoxy) is 4. The van der Waals surface area contributed by atoms with Crippen LogP contribution in [-0.2, 0) is 4.74 Å². The zero-order valence-electron chi connectivity index (χ0n) is 17.5. The van der Waals surface area contributed by atoms with E-state index < -0.39 is 41.7 Å². The van der Waals surface area contributed by atoms with Gasteiger partial charge in [0.1, 0.15) is 5.75 Å². The minimum atomic E-state index is -1.88. The van der Waals surface area contributed by atoms with E-state index in [0.29, 0.717) is 0 Å². The number of methoxy groups -OCH3 is 2. The van der Waals surface area contributed by atoms with Gasteiger partial charge in [-0.05, 0) is 13.0 Å². The third-order valence-electron chi connectivity index (χ3n) is 4.30. The predicted octanol–water partition coefficient (Wildman–Crippen LogP) is 3.32. The van der Waals surface area contributed by atoms with Crippen LogP contribution in [0.25, 0.3) is 0 Å². The van der Waals surface area contributed by atoms with Gasteiger partial charge in [0.15, 0.2) is 5.56 Å². The van der Waals surface area contributed by atoms with Crippen LogP contribution in [0.1, 0.15) is 17.3 Å². The molecule has 1 aromatic carbocycles. The Hall–Kier alpha value is -3.41. The van der Waals surface area contributed by atoms with E-state index >= 15 is 0 Å². The number of carbonyl (C=O) groups is 1. The second-order valence-corrected chi connectivity index (χ2v) is 12.9. The van der Waals surface area contributed by atoms with Gasteiger partial charge in [0.2, 0.25) is 17.5 Å². The molecule has 11 nitrogen and oxygen atoms in total. The molecule has 0 fully saturated rings. The highest BCUT2D eigenvalue weighted by Crippen LogP contribution is 2.39. The SMILES string of the molecule is COc1cc(OC)nc(Oc2ccc([N+](=O)[O-])c(O)c2C(=O)OC(C)[Si](C)(C)C)n1. The molecule has 0 saturated carbocycles. The largest absolute Gasteiger partial charge is 0.501 e. The van der Waals surface area contributed by atoms with E-state index in [9.17, 15) is 20.0 Å². The summed E-state index contributed by atoms with van der Waals surface area (Å²) >= 11 is 0. The van der Waals surface area contributed by atoms with Crippen LogP contribution in [0.3, 0.4) is 0 Å². The number of phenols is 1. The lowest BCUT2D eigenvalue weighted by Gasteiger charge is -2.25. The summed E-state index contributed by atoms with van der Waals surface area (Å²) < 4.78 is 21.1. The van der Waals surface area contributed by atoms with Crippen LogP contribution in [0.2, 0.25) is 19.6 Å². The van der Waals surface area contributed by atoms with Crippen LogP contribution in [0.4, 0.5) is 5.69 Å². The highest BCUT2D eigenvalue weighted by atomic mass is 28.3. The second-order valence-electron chi connectivity index (χ2n) is 7.31. The minimum absolute atomic E-state index is 0.125. The van der Waals surface area contributed by atoms with Gasteiger partial charge < -0.3 is 24.1 Å². The van der Waals surface area contributed by atoms with Gasteiger partial charge in [-0.15, -0.1) is 0 Å². The van der Waals surface area contributed by atoms with Crippen molar-refractivity contribution in [1.82, 2.24) is 9.97 Å². The monoisotopic (exact) mass is 437 g/mol. The number of nitro benzene ring substituents is 1. The van der Waals surface area contributed by atoms with Crippen LogP contribution in [0.15, 0.2) is 18.2 Å². The van der Waals surface area contributed by atoms with E-state index in [1.54, 1.807) is 6.92 Å². The molecule has 1 aromatic heterocycles. The molecule has 0 saturated heterocycles. The van der Waals surface area contributed by atoms with Crippen LogP contribution >= 0.6 is 0 Å². The van der Waals surface area contributed by atoms with Gasteiger partial charge in [-0.25, -0.2) is 4.79 Å². The Morgan fingerprint density at radius 3 is 2.20 bits per heavy atom. The third kappa shape index (κ3) is 5.14. The van der Waals surface area contributed by atoms with Gasteiger partial charge in [0, 0.05) is 6.07 Å². The summed E-state index contributed by atoms with van der Waals surface area (Å²) in [5.74, 6) is -1.81. The van der Waals surface area contributed by atoms with Crippen molar-refractivity contribution in [2.45, 2.75) is 32.3 Å². The van der Waals surface area contributed by atoms with Gasteiger partial charge >= 0.3 is 17.7 Å². The zero-order valence-corrected chi connectivity index (χ0v) is 18.5. The lowest BCUT2D eigenvalue weighted by atomic mass is 10.1. The zero-order chi connectivity index (χ0) is 22.6. The molecule has 0 radical (unpaired) electrons. The molecule has 2 aromatic rings. The summed E-state index contributed by atoms with van der Waals surface area (Å²) in [6.07, 6.45) is 0. The Bertz CT molecular complexity index is 939. The topological polar surface area (TPSA) is 143 Å². The average molecular weight is 437 g/mol. The van der Waals surface area contributed by atoms with Gasteiger partial charge in [-0.2, -0.15) is 9.97 Å². The highest BCUT2D eigenvalue weighted by molar-refractivity contribution is 6.77. The standard InChI is InChI=1S/C18H23N3O8Si/c1-10(30(4,5)6)28-17(23)15-12(8-7-11(16(15)22)21(24)25)29-18-19-13(26-2)9-14(20-18)27-3/h7-10,22H,1-6H3. The van der Waals surface area contributed by atoms with Gasteiger partial charge in [0.05, 0.1) is 39.0 Å². The highest BCUT2D eigenvalue weighted by Gasteiger charge is 2.32. The number of nitrogens with zero attached hydrogens (tertiary/aromatic N) is 3. The smallest absolute Gasteiger partial charge is 0.345 e. The normalized spacial score (nSPS) is 12.1. The lowest BCUT2D eigenvalue weighted by Crippen LogP contribution is -2.39. The molecule has 0 amide bonds. The van der Waals surface area contributed by atoms with E-state index in [4.69, 9.17) is 18.9 Å². The fourth-order valence-electron chi connectivity index (χ4n) is 2.12. The number of rotatable bonds is 8. The Morgan fingerprint density at radius 1 is 1.17 bits per heavy atom. The summed E-state index contributed by atoms with van der Waals surface area (Å²) in [4.78, 5) is 31.2. The first-order chi connectivity index (χ1) is 14.0. The van der Waals surface area contributed by atoms with Crippen molar-refractivity contribution in [3.63, 3.8) is 0 Å². The van der Waals surface area contributed by atoms with Crippen LogP contribution in [-0.4, -0.2) is 54.0 Å². The molecule has 0 aliphatic rings. The van der Waals surface area contributed by atoms with Crippen molar-refractivity contribution in [2.75, 3.05) is 14.2 Å². The van der Waals surface area contributed by atoms with Crippen LogP contribution in [0.5, 0.6) is 29.3 Å². The van der Waals surface area contributed by atoms with Crippen molar-refractivity contribution < 1.29 is 33.8 Å². The number of carbonyl (C=O) groups excluding carboxylic acids is 1. The van der Waals surface area contributed by atoms with Crippen molar-refractivity contribution in [2.24, 2.45) is 0 Å². The summed E-state index contributed by atoms with van der Waals surface area (Å²) in [5, 5.41) is 21.6. The molecule has 2 rings (SSSR count). The molecule has 1 atom stereocenters. The van der Waals surface area contributed by atoms with E-state index in [1.807, 2.05) is 19.6 Å². The fourth-order valence-corrected chi connectivity index (χ4v) is 2.58. The lowest BCUT2D eigenvalue weighted by molar-refractivity contribution is -0.385. The summed E-state index contributed by atoms with van der Waals surface area (Å²) in [6, 6.07) is 3.31. The number of aromatic hydroxyl groups is 1. The average Bonchev–Trinajstić information content (AvgIpc) is 2.66. The van der Waals surface area contributed by atoms with Gasteiger partial charge in [-0.1, -0.05) is 19.6 Å². The number of hydrogen-bond donors (Lipinski definition) is 1. The Kier molecular flexibility index (Phi) is 6.82. The van der Waals surface area contributed by atoms with Crippen molar-refractivity contribution in [3.8, 4) is 29.3 Å². The van der Waals surface area contributed by atoms with Gasteiger partial charge in [-0.3, -0.25) is 10.1 Å². The van der Waals surface area contributed by atoms with Crippen molar-refractivity contribution in [1.29, 1.82) is 0 Å². The first kappa shape index (κ1) is 22.9. The molecule has 12 heteroatoms. The van der Waals surface area contributed by atoms with Crippen LogP contribution < -0.4 is 14.2 Å². The number of aromatic nitrogens is 2. The quantitative estimate of drug-likeness (QED) is 0.283. The van der Waals surface area contributed by atoms with E-state index in [-0.39, 0.29) is 23.5 Å². The Morgan fingerprint density at radius 2 is 1.73 bits per heavy atom. The molecule has 0 bridgehead atoms. The molecule has 1 N–H and O–H groups in total. The minimum Gasteiger partial charge on any atom is -0.501 e. The number of phenolic OH excluding ortho intramolecular Hbond substituents is 1. The van der Waals surface area contributed by atoms with E-state index in [1.165, 1.54) is 20.3 Å². The van der Waals surface area contributed by atoms with E-state index in [0.717, 1.165) is 12.1 Å². The fraction of sp³-hybridized carbons (Fsp3) is 0.389. The molecular weight excluding hydrogens is 414 g/mol. The second kappa shape index (κ2) is 8.94.